The molecule has 2 heterocycles. The normalized spacial score (nSPS) is 13.7. The minimum Gasteiger partial charge on any atom is -0.398 e. The molecule has 9 aromatic carbocycles. The molecule has 0 unspecified atom stereocenters. The van der Waals surface area contributed by atoms with Gasteiger partial charge in [-0.25, -0.2) is 4.98 Å². The molecule has 1 spiro atoms. The van der Waals surface area contributed by atoms with Gasteiger partial charge in [-0.05, 0) is 86.0 Å². The Bertz CT molecular complexity index is 3470. The van der Waals surface area contributed by atoms with Crippen LogP contribution in [0.2, 0.25) is 0 Å². The number of aromatic nitrogens is 1. The zero-order chi connectivity index (χ0) is 42.6. The predicted molar refractivity (Wildman–Crippen MR) is 267 cm³/mol. The second-order valence-electron chi connectivity index (χ2n) is 16.6. The van der Waals surface area contributed by atoms with Crippen molar-refractivity contribution in [3.8, 4) is 33.5 Å². The number of hydrogen-bond acceptors (Lipinski definition) is 4. The SMILES string of the molecule is N/C(=C\C(=NCc1ccccc1)c1cccc(-c2ccccc2)c1)c1cccc(-c2nc3ccccc3c3c4c(ccc23)C2(c3ccccc3S4)c3ccccc3-c3ccccc32)c1. The Balaban J connectivity index is 1.03. The van der Waals surface area contributed by atoms with Gasteiger partial charge in [-0.1, -0.05) is 206 Å². The number of benzene rings is 9. The van der Waals surface area contributed by atoms with Crippen LogP contribution >= 0.6 is 11.8 Å². The molecule has 12 rings (SSSR count). The van der Waals surface area contributed by atoms with Crippen molar-refractivity contribution < 1.29 is 0 Å². The summed E-state index contributed by atoms with van der Waals surface area (Å²) in [6.07, 6.45) is 2.03. The van der Waals surface area contributed by atoms with Crippen LogP contribution in [0.1, 0.15) is 38.9 Å². The lowest BCUT2D eigenvalue weighted by molar-refractivity contribution is 0.726. The molecular weight excluding hydrogens is 795 g/mol. The van der Waals surface area contributed by atoms with E-state index in [0.717, 1.165) is 61.1 Å². The summed E-state index contributed by atoms with van der Waals surface area (Å²) in [6, 6.07) is 78.2. The van der Waals surface area contributed by atoms with Crippen LogP contribution in [0.15, 0.2) is 239 Å². The van der Waals surface area contributed by atoms with Crippen molar-refractivity contribution >= 4 is 44.8 Å². The number of nitrogens with two attached hydrogens (primary N) is 1. The fraction of sp³-hybridized carbons (Fsp3) is 0.0333. The summed E-state index contributed by atoms with van der Waals surface area (Å²) in [4.78, 5) is 13.2. The van der Waals surface area contributed by atoms with Crippen molar-refractivity contribution in [2.75, 3.05) is 0 Å². The molecule has 1 aliphatic heterocycles. The third-order valence-corrected chi connectivity index (χ3v) is 14.2. The smallest absolute Gasteiger partial charge is 0.0788 e. The molecule has 1 aromatic heterocycles. The number of para-hydroxylation sites is 1. The molecule has 1 aliphatic carbocycles. The summed E-state index contributed by atoms with van der Waals surface area (Å²) >= 11 is 1.89. The van der Waals surface area contributed by atoms with E-state index in [9.17, 15) is 0 Å². The lowest BCUT2D eigenvalue weighted by Gasteiger charge is -2.40. The van der Waals surface area contributed by atoms with Gasteiger partial charge in [0.05, 0.1) is 28.9 Å². The molecule has 0 amide bonds. The molecule has 302 valence electrons. The van der Waals surface area contributed by atoms with Crippen LogP contribution in [-0.4, -0.2) is 10.7 Å². The first-order valence-electron chi connectivity index (χ1n) is 21.8. The largest absolute Gasteiger partial charge is 0.398 e. The first kappa shape index (κ1) is 37.9. The number of allylic oxidation sites excluding steroid dienone is 1. The summed E-state index contributed by atoms with van der Waals surface area (Å²) < 4.78 is 0. The highest BCUT2D eigenvalue weighted by atomic mass is 32.2. The Morgan fingerprint density at radius 2 is 1.12 bits per heavy atom. The fourth-order valence-corrected chi connectivity index (χ4v) is 11.5. The second-order valence-corrected chi connectivity index (χ2v) is 17.6. The third kappa shape index (κ3) is 6.13. The Morgan fingerprint density at radius 3 is 1.91 bits per heavy atom. The van der Waals surface area contributed by atoms with E-state index in [0.29, 0.717) is 12.2 Å². The van der Waals surface area contributed by atoms with Crippen LogP contribution < -0.4 is 5.73 Å². The van der Waals surface area contributed by atoms with E-state index in [1.807, 2.05) is 30.0 Å². The molecule has 4 heteroatoms. The van der Waals surface area contributed by atoms with Gasteiger partial charge in [0.25, 0.3) is 0 Å². The van der Waals surface area contributed by atoms with Gasteiger partial charge in [0, 0.05) is 42.8 Å². The maximum absolute atomic E-state index is 7.14. The van der Waals surface area contributed by atoms with Gasteiger partial charge in [0.2, 0.25) is 0 Å². The minimum absolute atomic E-state index is 0.470. The fourth-order valence-electron chi connectivity index (χ4n) is 10.1. The van der Waals surface area contributed by atoms with Crippen LogP contribution in [0, 0.1) is 0 Å². The Kier molecular flexibility index (Phi) is 9.20. The zero-order valence-electron chi connectivity index (χ0n) is 34.9. The quantitative estimate of drug-likeness (QED) is 0.129. The molecule has 0 bridgehead atoms. The van der Waals surface area contributed by atoms with Crippen LogP contribution in [0.4, 0.5) is 0 Å². The van der Waals surface area contributed by atoms with Gasteiger partial charge in [-0.3, -0.25) is 4.99 Å². The van der Waals surface area contributed by atoms with E-state index in [1.54, 1.807) is 0 Å². The summed E-state index contributed by atoms with van der Waals surface area (Å²) in [5, 5.41) is 3.48. The third-order valence-electron chi connectivity index (χ3n) is 13.0. The molecule has 0 radical (unpaired) electrons. The average Bonchev–Trinajstić information content (AvgIpc) is 3.66. The number of rotatable bonds is 7. The molecule has 0 atom stereocenters. The molecule has 0 saturated heterocycles. The average molecular weight is 836 g/mol. The topological polar surface area (TPSA) is 51.3 Å². The Morgan fingerprint density at radius 1 is 0.516 bits per heavy atom. The van der Waals surface area contributed by atoms with Gasteiger partial charge in [-0.15, -0.1) is 0 Å². The van der Waals surface area contributed by atoms with E-state index >= 15 is 0 Å². The molecule has 3 nitrogen and oxygen atoms in total. The van der Waals surface area contributed by atoms with Crippen molar-refractivity contribution in [3.63, 3.8) is 0 Å². The molecule has 0 saturated carbocycles. The van der Waals surface area contributed by atoms with E-state index < -0.39 is 5.41 Å². The molecule has 10 aromatic rings. The van der Waals surface area contributed by atoms with Gasteiger partial charge in [0.1, 0.15) is 0 Å². The highest BCUT2D eigenvalue weighted by Gasteiger charge is 2.50. The second kappa shape index (κ2) is 15.5. The molecule has 0 fully saturated rings. The number of fused-ring (bicyclic) bond motifs is 13. The molecule has 2 aliphatic rings. The van der Waals surface area contributed by atoms with Crippen LogP contribution in [0.25, 0.3) is 60.9 Å². The van der Waals surface area contributed by atoms with Crippen molar-refractivity contribution in [1.82, 2.24) is 4.98 Å². The number of aliphatic imine (C=N–C) groups is 1. The predicted octanol–water partition coefficient (Wildman–Crippen LogP) is 14.5. The zero-order valence-corrected chi connectivity index (χ0v) is 35.8. The van der Waals surface area contributed by atoms with Crippen LogP contribution in [0.5, 0.6) is 0 Å². The Labute approximate surface area is 377 Å². The van der Waals surface area contributed by atoms with Gasteiger partial charge < -0.3 is 5.73 Å². The number of hydrogen-bond donors (Lipinski definition) is 1. The van der Waals surface area contributed by atoms with Crippen LogP contribution in [-0.2, 0) is 12.0 Å². The summed E-state index contributed by atoms with van der Waals surface area (Å²) in [6.45, 7) is 0.536. The molecule has 64 heavy (non-hydrogen) atoms. The number of pyridine rings is 1. The molecular formula is C60H41N3S. The van der Waals surface area contributed by atoms with Crippen molar-refractivity contribution in [2.45, 2.75) is 21.8 Å². The maximum atomic E-state index is 7.14. The van der Waals surface area contributed by atoms with E-state index in [2.05, 4.69) is 206 Å². The summed E-state index contributed by atoms with van der Waals surface area (Å²) in [5.74, 6) is 0. The maximum Gasteiger partial charge on any atom is 0.0788 e. The monoisotopic (exact) mass is 835 g/mol. The lowest BCUT2D eigenvalue weighted by Crippen LogP contribution is -2.32. The standard InChI is InChI=1S/C60H41N3S/c61-53(37-55(62-38-39-17-3-1-4-18-39)43-23-15-21-41(35-43)40-19-5-2-6-20-40)42-22-16-24-44(36-42)58-48-33-34-52-59(57(48)47-27-9-13-31-54(47)63-58)64-56-32-14-12-30-51(56)60(52)49-28-10-7-25-45(49)46-26-8-11-29-50(46)60/h1-37H,38,61H2/b53-37-,62-55?. The van der Waals surface area contributed by atoms with Crippen molar-refractivity contribution in [1.29, 1.82) is 0 Å². The minimum atomic E-state index is -0.470. The van der Waals surface area contributed by atoms with E-state index in [-0.39, 0.29) is 0 Å². The molecule has 2 N–H and O–H groups in total. The first-order valence-corrected chi connectivity index (χ1v) is 22.6. The highest BCUT2D eigenvalue weighted by molar-refractivity contribution is 7.99. The van der Waals surface area contributed by atoms with E-state index in [1.165, 1.54) is 48.6 Å². The van der Waals surface area contributed by atoms with Crippen molar-refractivity contribution in [3.05, 3.63) is 263 Å². The summed E-state index contributed by atoms with van der Waals surface area (Å²) in [5.41, 5.74) is 24.3. The number of nitrogens with zero attached hydrogens (tertiary/aromatic N) is 2. The van der Waals surface area contributed by atoms with Gasteiger partial charge >= 0.3 is 0 Å². The van der Waals surface area contributed by atoms with Gasteiger partial charge in [-0.2, -0.15) is 0 Å². The Hall–Kier alpha value is -7.79. The first-order chi connectivity index (χ1) is 31.6. The van der Waals surface area contributed by atoms with Gasteiger partial charge in [0.15, 0.2) is 0 Å². The van der Waals surface area contributed by atoms with Crippen LogP contribution in [0.3, 0.4) is 0 Å². The van der Waals surface area contributed by atoms with Crippen molar-refractivity contribution in [2.24, 2.45) is 10.7 Å². The van der Waals surface area contributed by atoms with E-state index in [4.69, 9.17) is 15.7 Å². The highest BCUT2D eigenvalue weighted by Crippen LogP contribution is 2.63. The summed E-state index contributed by atoms with van der Waals surface area (Å²) in [7, 11) is 0. The lowest BCUT2D eigenvalue weighted by atomic mass is 9.67.